The van der Waals surface area contributed by atoms with Crippen LogP contribution in [0.15, 0.2) is 72.1 Å². The lowest BCUT2D eigenvalue weighted by atomic mass is 10.1. The lowest BCUT2D eigenvalue weighted by molar-refractivity contribution is 0.103. The van der Waals surface area contributed by atoms with E-state index in [1.165, 1.54) is 21.8 Å². The van der Waals surface area contributed by atoms with E-state index in [4.69, 9.17) is 4.74 Å². The molecule has 0 aliphatic carbocycles. The second-order valence-corrected chi connectivity index (χ2v) is 9.73. The summed E-state index contributed by atoms with van der Waals surface area (Å²) in [5.74, 6) is 0.796. The summed E-state index contributed by atoms with van der Waals surface area (Å²) in [7, 11) is 0. The number of fused-ring (bicyclic) bond motifs is 1. The summed E-state index contributed by atoms with van der Waals surface area (Å²) in [6.07, 6.45) is 0.902. The van der Waals surface area contributed by atoms with Crippen molar-refractivity contribution >= 4 is 33.7 Å². The Bertz CT molecular complexity index is 1170. The van der Waals surface area contributed by atoms with Crippen molar-refractivity contribution in [2.24, 2.45) is 0 Å². The second kappa shape index (κ2) is 9.65. The summed E-state index contributed by atoms with van der Waals surface area (Å²) in [5, 5.41) is 5.54. The monoisotopic (exact) mass is 461 g/mol. The molecule has 1 aliphatic heterocycles. The van der Waals surface area contributed by atoms with E-state index in [1.54, 1.807) is 11.3 Å². The number of carbonyl (C=O) groups is 1. The van der Waals surface area contributed by atoms with Gasteiger partial charge in [-0.3, -0.25) is 15.0 Å². The van der Waals surface area contributed by atoms with E-state index in [2.05, 4.69) is 39.5 Å². The highest BCUT2D eigenvalue weighted by molar-refractivity contribution is 7.16. The van der Waals surface area contributed by atoms with Crippen LogP contribution in [0.3, 0.4) is 0 Å². The maximum absolute atomic E-state index is 12.3. The highest BCUT2D eigenvalue weighted by atomic mass is 32.1. The van der Waals surface area contributed by atoms with Crippen LogP contribution >= 0.6 is 22.7 Å². The molecule has 0 bridgehead atoms. The molecule has 3 heterocycles. The van der Waals surface area contributed by atoms with E-state index in [1.807, 2.05) is 47.8 Å². The maximum Gasteiger partial charge on any atom is 0.267 e. The molecule has 4 aromatic rings. The van der Waals surface area contributed by atoms with Gasteiger partial charge >= 0.3 is 0 Å². The molecule has 1 amide bonds. The zero-order valence-electron chi connectivity index (χ0n) is 17.5. The molecule has 0 radical (unpaired) electrons. The number of aromatic nitrogens is 1. The molecule has 0 spiro atoms. The minimum absolute atomic E-state index is 0.0856. The number of anilines is 1. The van der Waals surface area contributed by atoms with E-state index in [0.29, 0.717) is 16.6 Å². The molecule has 2 aromatic heterocycles. The number of amides is 1. The summed E-state index contributed by atoms with van der Waals surface area (Å²) in [4.78, 5) is 21.3. The van der Waals surface area contributed by atoms with Crippen molar-refractivity contribution in [3.8, 4) is 5.75 Å². The Morgan fingerprint density at radius 3 is 2.66 bits per heavy atom. The molecule has 0 atom stereocenters. The average molecular weight is 462 g/mol. The SMILES string of the molecule is O=C(Nc1nc2c(s1)CN(Cc1ccc(OCc3ccccc3)cc1)CC2)c1cccs1. The highest BCUT2D eigenvalue weighted by Crippen LogP contribution is 2.29. The Balaban J connectivity index is 1.15. The molecule has 5 rings (SSSR count). The third-order valence-corrected chi connectivity index (χ3v) is 7.22. The van der Waals surface area contributed by atoms with Crippen molar-refractivity contribution in [1.29, 1.82) is 0 Å². The predicted octanol–water partition coefficient (Wildman–Crippen LogP) is 5.59. The van der Waals surface area contributed by atoms with Crippen LogP contribution in [0.5, 0.6) is 5.75 Å². The number of nitrogens with zero attached hydrogens (tertiary/aromatic N) is 2. The first-order valence-electron chi connectivity index (χ1n) is 10.5. The van der Waals surface area contributed by atoms with Gasteiger partial charge in [0.1, 0.15) is 12.4 Å². The predicted molar refractivity (Wildman–Crippen MR) is 129 cm³/mol. The molecule has 7 heteroatoms. The fraction of sp³-hybridized carbons (Fsp3) is 0.200. The van der Waals surface area contributed by atoms with Gasteiger partial charge in [-0.05, 0) is 34.7 Å². The van der Waals surface area contributed by atoms with Gasteiger partial charge in [0.25, 0.3) is 5.91 Å². The maximum atomic E-state index is 12.3. The Hall–Kier alpha value is -3.00. The van der Waals surface area contributed by atoms with Crippen LogP contribution in [0.25, 0.3) is 0 Å². The lowest BCUT2D eigenvalue weighted by Crippen LogP contribution is -2.29. The van der Waals surface area contributed by atoms with Gasteiger partial charge in [-0.25, -0.2) is 4.98 Å². The van der Waals surface area contributed by atoms with E-state index in [0.717, 1.165) is 43.1 Å². The molecule has 2 aromatic carbocycles. The first kappa shape index (κ1) is 20.9. The van der Waals surface area contributed by atoms with Gasteiger partial charge < -0.3 is 4.74 Å². The molecule has 32 heavy (non-hydrogen) atoms. The summed E-state index contributed by atoms with van der Waals surface area (Å²) in [6.45, 7) is 3.27. The van der Waals surface area contributed by atoms with Gasteiger partial charge in [0.05, 0.1) is 10.6 Å². The Labute approximate surface area is 195 Å². The molecular formula is C25H23N3O2S2. The fourth-order valence-corrected chi connectivity index (χ4v) is 5.36. The molecule has 0 saturated heterocycles. The van der Waals surface area contributed by atoms with Crippen LogP contribution in [-0.2, 0) is 26.1 Å². The first-order valence-corrected chi connectivity index (χ1v) is 12.2. The molecule has 0 unspecified atom stereocenters. The van der Waals surface area contributed by atoms with E-state index in [-0.39, 0.29) is 5.91 Å². The Morgan fingerprint density at radius 1 is 1.03 bits per heavy atom. The van der Waals surface area contributed by atoms with Crippen molar-refractivity contribution in [2.75, 3.05) is 11.9 Å². The number of hydrogen-bond donors (Lipinski definition) is 1. The number of thiazole rings is 1. The number of rotatable bonds is 7. The molecule has 5 nitrogen and oxygen atoms in total. The number of benzene rings is 2. The summed E-state index contributed by atoms with van der Waals surface area (Å²) >= 11 is 3.02. The van der Waals surface area contributed by atoms with Crippen LogP contribution in [0.1, 0.15) is 31.4 Å². The van der Waals surface area contributed by atoms with Gasteiger partial charge in [0.15, 0.2) is 5.13 Å². The van der Waals surface area contributed by atoms with Crippen molar-refractivity contribution in [3.05, 3.63) is 98.7 Å². The molecule has 1 aliphatic rings. The van der Waals surface area contributed by atoms with Crippen LogP contribution in [0.4, 0.5) is 5.13 Å². The number of ether oxygens (including phenoxy) is 1. The topological polar surface area (TPSA) is 54.5 Å². The van der Waals surface area contributed by atoms with Gasteiger partial charge in [-0.2, -0.15) is 0 Å². The van der Waals surface area contributed by atoms with Gasteiger partial charge in [0, 0.05) is 30.9 Å². The second-order valence-electron chi connectivity index (χ2n) is 7.70. The van der Waals surface area contributed by atoms with E-state index < -0.39 is 0 Å². The molecular weight excluding hydrogens is 438 g/mol. The van der Waals surface area contributed by atoms with Gasteiger partial charge in [-0.15, -0.1) is 22.7 Å². The third kappa shape index (κ3) is 5.07. The lowest BCUT2D eigenvalue weighted by Gasteiger charge is -2.25. The van der Waals surface area contributed by atoms with Crippen LogP contribution in [-0.4, -0.2) is 22.3 Å². The largest absolute Gasteiger partial charge is 0.489 e. The number of carbonyl (C=O) groups excluding carboxylic acids is 1. The standard InChI is InChI=1S/C25H23N3O2S2/c29-24(22-7-4-14-31-22)27-25-26-21-12-13-28(16-23(21)32-25)15-18-8-10-20(11-9-18)30-17-19-5-2-1-3-6-19/h1-11,14H,12-13,15-17H2,(H,26,27,29). The quantitative estimate of drug-likeness (QED) is 0.390. The molecule has 1 N–H and O–H groups in total. The average Bonchev–Trinajstić information content (AvgIpc) is 3.49. The summed E-state index contributed by atoms with van der Waals surface area (Å²) in [5.41, 5.74) is 3.53. The highest BCUT2D eigenvalue weighted by Gasteiger charge is 2.22. The van der Waals surface area contributed by atoms with Crippen LogP contribution in [0, 0.1) is 0 Å². The van der Waals surface area contributed by atoms with Crippen molar-refractivity contribution < 1.29 is 9.53 Å². The smallest absolute Gasteiger partial charge is 0.267 e. The first-order chi connectivity index (χ1) is 15.7. The zero-order valence-corrected chi connectivity index (χ0v) is 19.1. The van der Waals surface area contributed by atoms with Crippen molar-refractivity contribution in [2.45, 2.75) is 26.1 Å². The van der Waals surface area contributed by atoms with Gasteiger partial charge in [0.2, 0.25) is 0 Å². The van der Waals surface area contributed by atoms with Crippen LogP contribution < -0.4 is 10.1 Å². The summed E-state index contributed by atoms with van der Waals surface area (Å²) in [6, 6.07) is 22.2. The fourth-order valence-electron chi connectivity index (χ4n) is 3.69. The third-order valence-electron chi connectivity index (χ3n) is 5.35. The molecule has 0 fully saturated rings. The molecule has 0 saturated carbocycles. The number of nitrogens with one attached hydrogen (secondary N) is 1. The zero-order chi connectivity index (χ0) is 21.8. The van der Waals surface area contributed by atoms with Crippen LogP contribution in [0.2, 0.25) is 0 Å². The van der Waals surface area contributed by atoms with E-state index >= 15 is 0 Å². The van der Waals surface area contributed by atoms with Crippen molar-refractivity contribution in [3.63, 3.8) is 0 Å². The van der Waals surface area contributed by atoms with Gasteiger partial charge in [-0.1, -0.05) is 48.5 Å². The Kier molecular flexibility index (Phi) is 6.29. The minimum Gasteiger partial charge on any atom is -0.489 e. The number of hydrogen-bond acceptors (Lipinski definition) is 6. The summed E-state index contributed by atoms with van der Waals surface area (Å²) < 4.78 is 5.89. The molecule has 162 valence electrons. The van der Waals surface area contributed by atoms with E-state index in [9.17, 15) is 4.79 Å². The van der Waals surface area contributed by atoms with Crippen molar-refractivity contribution in [1.82, 2.24) is 9.88 Å². The normalized spacial score (nSPS) is 13.5. The number of thiophene rings is 1. The minimum atomic E-state index is -0.0856. The Morgan fingerprint density at radius 2 is 1.88 bits per heavy atom.